The van der Waals surface area contributed by atoms with E-state index in [0.717, 1.165) is 42.9 Å². The van der Waals surface area contributed by atoms with Gasteiger partial charge in [0.05, 0.1) is 6.04 Å². The third-order valence-corrected chi connectivity index (χ3v) is 4.82. The monoisotopic (exact) mass is 331 g/mol. The summed E-state index contributed by atoms with van der Waals surface area (Å²) < 4.78 is 7.56. The average molecular weight is 331 g/mol. The van der Waals surface area contributed by atoms with Gasteiger partial charge in [-0.1, -0.05) is 13.8 Å². The maximum atomic E-state index is 11.4. The zero-order valence-corrected chi connectivity index (χ0v) is 14.5. The first-order valence-corrected chi connectivity index (χ1v) is 8.56. The molecule has 6 heteroatoms. The zero-order valence-electron chi connectivity index (χ0n) is 14.5. The van der Waals surface area contributed by atoms with Crippen LogP contribution in [0.1, 0.15) is 60.3 Å². The van der Waals surface area contributed by atoms with Gasteiger partial charge in [0.15, 0.2) is 5.69 Å². The van der Waals surface area contributed by atoms with Gasteiger partial charge in [0.25, 0.3) is 0 Å². The van der Waals surface area contributed by atoms with E-state index in [9.17, 15) is 9.90 Å². The summed E-state index contributed by atoms with van der Waals surface area (Å²) in [4.78, 5) is 13.7. The summed E-state index contributed by atoms with van der Waals surface area (Å²) in [6.07, 6.45) is 4.83. The number of carbonyl (C=O) groups is 1. The fraction of sp³-hybridized carbons (Fsp3) is 0.556. The molecule has 0 amide bonds. The van der Waals surface area contributed by atoms with Crippen LogP contribution in [0.5, 0.6) is 0 Å². The topological polar surface area (TPSA) is 71.5 Å². The molecular weight excluding hydrogens is 306 g/mol. The van der Waals surface area contributed by atoms with Crippen LogP contribution in [-0.2, 0) is 20.0 Å². The minimum atomic E-state index is -0.973. The fourth-order valence-corrected chi connectivity index (χ4v) is 3.49. The number of likely N-dealkylation sites (tertiary alicyclic amines) is 1. The summed E-state index contributed by atoms with van der Waals surface area (Å²) in [5, 5.41) is 13.4. The number of hydrogen-bond acceptors (Lipinski definition) is 4. The molecule has 130 valence electrons. The molecule has 2 unspecified atom stereocenters. The molecule has 1 fully saturated rings. The summed E-state index contributed by atoms with van der Waals surface area (Å²) in [6.45, 7) is 5.86. The Morgan fingerprint density at radius 3 is 2.92 bits per heavy atom. The maximum absolute atomic E-state index is 11.4. The smallest absolute Gasteiger partial charge is 0.356 e. The lowest BCUT2D eigenvalue weighted by Gasteiger charge is -2.37. The molecule has 0 radical (unpaired) electrons. The Morgan fingerprint density at radius 2 is 2.25 bits per heavy atom. The maximum Gasteiger partial charge on any atom is 0.356 e. The summed E-state index contributed by atoms with van der Waals surface area (Å²) in [5.74, 6) is 1.64. The molecule has 3 rings (SSSR count). The number of piperidine rings is 1. The Labute approximate surface area is 142 Å². The number of carboxylic acid groups (broad SMARTS) is 1. The van der Waals surface area contributed by atoms with E-state index in [-0.39, 0.29) is 11.7 Å². The lowest BCUT2D eigenvalue weighted by molar-refractivity contribution is 0.0680. The quantitative estimate of drug-likeness (QED) is 0.910. The van der Waals surface area contributed by atoms with Crippen LogP contribution in [0.4, 0.5) is 0 Å². The molecule has 3 heterocycles. The number of carboxylic acids is 1. The standard InChI is InChI=1S/C18H25N3O3/c1-4-14-5-6-16(24-14)15-9-12(2)7-8-21(15)11-13-10-20(3)19-17(13)18(22)23/h5-6,10,12,15H,4,7-9,11H2,1-3H3,(H,22,23). The molecule has 1 N–H and O–H groups in total. The molecule has 6 nitrogen and oxygen atoms in total. The van der Waals surface area contributed by atoms with Gasteiger partial charge in [0.1, 0.15) is 11.5 Å². The molecular formula is C18H25N3O3. The van der Waals surface area contributed by atoms with Crippen LogP contribution in [0.25, 0.3) is 0 Å². The highest BCUT2D eigenvalue weighted by atomic mass is 16.4. The zero-order chi connectivity index (χ0) is 17.3. The van der Waals surface area contributed by atoms with Crippen LogP contribution in [-0.4, -0.2) is 32.3 Å². The van der Waals surface area contributed by atoms with E-state index in [1.54, 1.807) is 17.9 Å². The van der Waals surface area contributed by atoms with Gasteiger partial charge in [-0.2, -0.15) is 5.10 Å². The van der Waals surface area contributed by atoms with Crippen LogP contribution >= 0.6 is 0 Å². The first-order chi connectivity index (χ1) is 11.5. The summed E-state index contributed by atoms with van der Waals surface area (Å²) in [7, 11) is 1.76. The van der Waals surface area contributed by atoms with Gasteiger partial charge >= 0.3 is 5.97 Å². The van der Waals surface area contributed by atoms with E-state index in [1.165, 1.54) is 0 Å². The molecule has 1 aliphatic heterocycles. The third kappa shape index (κ3) is 3.38. The lowest BCUT2D eigenvalue weighted by atomic mass is 9.90. The molecule has 1 aliphatic rings. The number of aromatic carboxylic acids is 1. The molecule has 0 aliphatic carbocycles. The van der Waals surface area contributed by atoms with Crippen LogP contribution in [0.2, 0.25) is 0 Å². The Bertz CT molecular complexity index is 719. The summed E-state index contributed by atoms with van der Waals surface area (Å²) in [6, 6.07) is 4.30. The van der Waals surface area contributed by atoms with Gasteiger partial charge in [-0.15, -0.1) is 0 Å². The Morgan fingerprint density at radius 1 is 1.46 bits per heavy atom. The highest BCUT2D eigenvalue weighted by Crippen LogP contribution is 2.36. The van der Waals surface area contributed by atoms with Crippen molar-refractivity contribution in [3.8, 4) is 0 Å². The van der Waals surface area contributed by atoms with E-state index < -0.39 is 5.97 Å². The number of rotatable bonds is 5. The van der Waals surface area contributed by atoms with E-state index in [0.29, 0.717) is 12.5 Å². The van der Waals surface area contributed by atoms with Crippen LogP contribution in [0, 0.1) is 5.92 Å². The molecule has 0 spiro atoms. The molecule has 2 aromatic rings. The summed E-state index contributed by atoms with van der Waals surface area (Å²) >= 11 is 0. The molecule has 1 saturated heterocycles. The van der Waals surface area contributed by atoms with Crippen molar-refractivity contribution in [1.29, 1.82) is 0 Å². The van der Waals surface area contributed by atoms with E-state index in [1.807, 2.05) is 6.07 Å². The van der Waals surface area contributed by atoms with Gasteiger partial charge in [-0.25, -0.2) is 4.79 Å². The number of aromatic nitrogens is 2. The molecule has 2 aromatic heterocycles. The normalized spacial score (nSPS) is 22.0. The number of furan rings is 1. The SMILES string of the molecule is CCc1ccc(C2CC(C)CCN2Cc2cn(C)nc2C(=O)O)o1. The van der Waals surface area contributed by atoms with Crippen LogP contribution < -0.4 is 0 Å². The predicted molar refractivity (Wildman–Crippen MR) is 89.8 cm³/mol. The predicted octanol–water partition coefficient (Wildman–Crippen LogP) is 3.25. The molecule has 2 atom stereocenters. The summed E-state index contributed by atoms with van der Waals surface area (Å²) in [5.41, 5.74) is 0.899. The van der Waals surface area contributed by atoms with E-state index >= 15 is 0 Å². The second kappa shape index (κ2) is 6.81. The van der Waals surface area contributed by atoms with Crippen molar-refractivity contribution in [1.82, 2.24) is 14.7 Å². The van der Waals surface area contributed by atoms with Crippen molar-refractivity contribution in [3.63, 3.8) is 0 Å². The number of hydrogen-bond donors (Lipinski definition) is 1. The average Bonchev–Trinajstić information content (AvgIpc) is 3.15. The van der Waals surface area contributed by atoms with Crippen molar-refractivity contribution in [2.45, 2.75) is 45.7 Å². The minimum absolute atomic E-state index is 0.142. The molecule has 24 heavy (non-hydrogen) atoms. The molecule has 0 aromatic carbocycles. The minimum Gasteiger partial charge on any atom is -0.476 e. The fourth-order valence-electron chi connectivity index (χ4n) is 3.49. The Balaban J connectivity index is 1.85. The van der Waals surface area contributed by atoms with E-state index in [2.05, 4.69) is 29.9 Å². The van der Waals surface area contributed by atoms with Gasteiger partial charge in [0.2, 0.25) is 0 Å². The molecule has 0 bridgehead atoms. The van der Waals surface area contributed by atoms with Gasteiger partial charge in [0, 0.05) is 31.8 Å². The van der Waals surface area contributed by atoms with Gasteiger partial charge < -0.3 is 9.52 Å². The van der Waals surface area contributed by atoms with Crippen molar-refractivity contribution >= 4 is 5.97 Å². The Kier molecular flexibility index (Phi) is 4.76. The van der Waals surface area contributed by atoms with Crippen molar-refractivity contribution in [2.75, 3.05) is 6.54 Å². The highest BCUT2D eigenvalue weighted by molar-refractivity contribution is 5.86. The largest absolute Gasteiger partial charge is 0.476 e. The van der Waals surface area contributed by atoms with Crippen molar-refractivity contribution < 1.29 is 14.3 Å². The third-order valence-electron chi connectivity index (χ3n) is 4.82. The van der Waals surface area contributed by atoms with Crippen molar-refractivity contribution in [2.24, 2.45) is 13.0 Å². The first kappa shape index (κ1) is 16.8. The van der Waals surface area contributed by atoms with Gasteiger partial charge in [-0.3, -0.25) is 9.58 Å². The van der Waals surface area contributed by atoms with Crippen LogP contribution in [0.3, 0.4) is 0 Å². The number of aryl methyl sites for hydroxylation is 2. The lowest BCUT2D eigenvalue weighted by Crippen LogP contribution is -2.35. The molecule has 0 saturated carbocycles. The second-order valence-electron chi connectivity index (χ2n) is 6.76. The van der Waals surface area contributed by atoms with Crippen molar-refractivity contribution in [3.05, 3.63) is 41.1 Å². The second-order valence-corrected chi connectivity index (χ2v) is 6.76. The Hall–Kier alpha value is -2.08. The number of nitrogens with zero attached hydrogens (tertiary/aromatic N) is 3. The van der Waals surface area contributed by atoms with Gasteiger partial charge in [-0.05, 0) is 37.4 Å². The highest BCUT2D eigenvalue weighted by Gasteiger charge is 2.31. The van der Waals surface area contributed by atoms with E-state index in [4.69, 9.17) is 4.42 Å². The van der Waals surface area contributed by atoms with Crippen LogP contribution in [0.15, 0.2) is 22.7 Å². The first-order valence-electron chi connectivity index (χ1n) is 8.56.